The number of likely N-dealkylation sites (N-methyl/N-ethyl adjacent to an activating group) is 1. The van der Waals surface area contributed by atoms with Gasteiger partial charge in [-0.05, 0) is 49.9 Å². The van der Waals surface area contributed by atoms with Gasteiger partial charge in [-0.2, -0.15) is 0 Å². The van der Waals surface area contributed by atoms with E-state index in [4.69, 9.17) is 4.74 Å². The van der Waals surface area contributed by atoms with E-state index in [1.807, 2.05) is 61.5 Å². The molecule has 2 unspecified atom stereocenters. The van der Waals surface area contributed by atoms with E-state index in [9.17, 15) is 14.4 Å². The fourth-order valence-electron chi connectivity index (χ4n) is 3.76. The third kappa shape index (κ3) is 8.87. The third-order valence-corrected chi connectivity index (χ3v) is 5.55. The van der Waals surface area contributed by atoms with Gasteiger partial charge in [0.05, 0.1) is 0 Å². The lowest BCUT2D eigenvalue weighted by Gasteiger charge is -2.32. The van der Waals surface area contributed by atoms with Gasteiger partial charge < -0.3 is 20.3 Å². The van der Waals surface area contributed by atoms with Gasteiger partial charge in [-0.25, -0.2) is 4.79 Å². The van der Waals surface area contributed by atoms with E-state index < -0.39 is 29.7 Å². The Hall–Kier alpha value is -3.61. The Morgan fingerprint density at radius 1 is 1.08 bits per heavy atom. The first-order chi connectivity index (χ1) is 17.1. The maximum atomic E-state index is 13.8. The highest BCUT2D eigenvalue weighted by Gasteiger charge is 2.34. The van der Waals surface area contributed by atoms with Crippen molar-refractivity contribution in [1.29, 1.82) is 0 Å². The van der Waals surface area contributed by atoms with Gasteiger partial charge in [-0.1, -0.05) is 74.5 Å². The van der Waals surface area contributed by atoms with Crippen molar-refractivity contribution in [3.05, 3.63) is 77.9 Å². The van der Waals surface area contributed by atoms with Crippen molar-refractivity contribution >= 4 is 24.0 Å². The number of ether oxygens (including phenoxy) is 1. The molecule has 0 saturated heterocycles. The Balaban J connectivity index is 2.39. The van der Waals surface area contributed by atoms with Crippen molar-refractivity contribution in [3.8, 4) is 0 Å². The number of hydrogen-bond acceptors (Lipinski definition) is 4. The summed E-state index contributed by atoms with van der Waals surface area (Å²) in [4.78, 5) is 41.1. The zero-order valence-corrected chi connectivity index (χ0v) is 22.0. The quantitative estimate of drug-likeness (QED) is 0.437. The van der Waals surface area contributed by atoms with Crippen molar-refractivity contribution in [1.82, 2.24) is 15.5 Å². The SMILES string of the molecule is C=Cc1cccc(C(C(=O)NCCCC)N(C)C(=O)C(Cc2ccccc2)NC(=O)OC(C)(C)C)c1. The van der Waals surface area contributed by atoms with Crippen LogP contribution >= 0.6 is 0 Å². The predicted molar refractivity (Wildman–Crippen MR) is 143 cm³/mol. The number of benzene rings is 2. The number of amides is 3. The summed E-state index contributed by atoms with van der Waals surface area (Å²) in [5.41, 5.74) is 1.65. The lowest BCUT2D eigenvalue weighted by molar-refractivity contribution is -0.140. The second-order valence-electron chi connectivity index (χ2n) is 9.76. The van der Waals surface area contributed by atoms with Gasteiger partial charge in [0.1, 0.15) is 17.7 Å². The molecule has 0 heterocycles. The number of hydrogen-bond donors (Lipinski definition) is 2. The average Bonchev–Trinajstić information content (AvgIpc) is 2.83. The van der Waals surface area contributed by atoms with Gasteiger partial charge in [0.25, 0.3) is 0 Å². The van der Waals surface area contributed by atoms with Crippen LogP contribution in [-0.2, 0) is 20.7 Å². The van der Waals surface area contributed by atoms with E-state index in [0.717, 1.165) is 24.0 Å². The zero-order valence-electron chi connectivity index (χ0n) is 22.0. The Bertz CT molecular complexity index is 1030. The molecule has 0 aliphatic rings. The van der Waals surface area contributed by atoms with Crippen LogP contribution in [0, 0.1) is 0 Å². The molecular weight excluding hydrogens is 454 g/mol. The molecule has 0 bridgehead atoms. The molecule has 2 atom stereocenters. The standard InChI is InChI=1S/C29H39N3O4/c1-7-9-18-30-26(33)25(23-17-13-16-21(8-2)19-23)32(6)27(34)24(20-22-14-11-10-12-15-22)31-28(35)36-29(3,4)5/h8,10-17,19,24-25H,2,7,9,18,20H2,1,3-6H3,(H,30,33)(H,31,35). The number of nitrogens with one attached hydrogen (secondary N) is 2. The molecule has 0 saturated carbocycles. The van der Waals surface area contributed by atoms with Gasteiger partial charge in [0.15, 0.2) is 0 Å². The maximum Gasteiger partial charge on any atom is 0.408 e. The third-order valence-electron chi connectivity index (χ3n) is 5.55. The normalized spacial score (nSPS) is 12.7. The Morgan fingerprint density at radius 2 is 1.78 bits per heavy atom. The number of carbonyl (C=O) groups is 3. The minimum atomic E-state index is -0.930. The molecule has 0 aromatic heterocycles. The Morgan fingerprint density at radius 3 is 2.39 bits per heavy atom. The molecule has 36 heavy (non-hydrogen) atoms. The summed E-state index contributed by atoms with van der Waals surface area (Å²) in [6.45, 7) is 11.6. The molecule has 194 valence electrons. The highest BCUT2D eigenvalue weighted by Crippen LogP contribution is 2.23. The lowest BCUT2D eigenvalue weighted by Crippen LogP contribution is -2.52. The van der Waals surface area contributed by atoms with Gasteiger partial charge in [-0.3, -0.25) is 9.59 Å². The number of rotatable bonds is 11. The van der Waals surface area contributed by atoms with Crippen LogP contribution in [0.25, 0.3) is 6.08 Å². The first kappa shape index (κ1) is 28.6. The fraction of sp³-hybridized carbons (Fsp3) is 0.414. The highest BCUT2D eigenvalue weighted by atomic mass is 16.6. The lowest BCUT2D eigenvalue weighted by atomic mass is 9.99. The van der Waals surface area contributed by atoms with E-state index in [0.29, 0.717) is 12.1 Å². The molecule has 0 radical (unpaired) electrons. The molecule has 2 rings (SSSR count). The van der Waals surface area contributed by atoms with Crippen molar-refractivity contribution < 1.29 is 19.1 Å². The smallest absolute Gasteiger partial charge is 0.408 e. The van der Waals surface area contributed by atoms with Crippen LogP contribution in [0.3, 0.4) is 0 Å². The first-order valence-electron chi connectivity index (χ1n) is 12.4. The van der Waals surface area contributed by atoms with E-state index in [2.05, 4.69) is 17.2 Å². The maximum absolute atomic E-state index is 13.8. The van der Waals surface area contributed by atoms with Crippen LogP contribution in [0.1, 0.15) is 63.3 Å². The van der Waals surface area contributed by atoms with Crippen molar-refractivity contribution in [2.24, 2.45) is 0 Å². The Kier molecular flexibility index (Phi) is 10.7. The van der Waals surface area contributed by atoms with E-state index >= 15 is 0 Å². The summed E-state index contributed by atoms with van der Waals surface area (Å²) in [6, 6.07) is 15.0. The number of unbranched alkanes of at least 4 members (excludes halogenated alkanes) is 1. The topological polar surface area (TPSA) is 87.7 Å². The van der Waals surface area contributed by atoms with Gasteiger partial charge in [-0.15, -0.1) is 0 Å². The minimum Gasteiger partial charge on any atom is -0.444 e. The number of alkyl carbamates (subject to hydrolysis) is 1. The molecule has 7 heteroatoms. The molecule has 2 aromatic rings. The minimum absolute atomic E-state index is 0.250. The van der Waals surface area contributed by atoms with Crippen LogP contribution in [-0.4, -0.2) is 48.0 Å². The summed E-state index contributed by atoms with van der Waals surface area (Å²) in [7, 11) is 1.59. The number of nitrogens with zero attached hydrogens (tertiary/aromatic N) is 1. The monoisotopic (exact) mass is 493 g/mol. The van der Waals surface area contributed by atoms with E-state index in [-0.39, 0.29) is 12.3 Å². The molecule has 2 N–H and O–H groups in total. The van der Waals surface area contributed by atoms with Gasteiger partial charge in [0, 0.05) is 20.0 Å². The number of carbonyl (C=O) groups excluding carboxylic acids is 3. The second-order valence-corrected chi connectivity index (χ2v) is 9.76. The molecule has 3 amide bonds. The zero-order chi connectivity index (χ0) is 26.7. The molecular formula is C29H39N3O4. The molecule has 0 spiro atoms. The summed E-state index contributed by atoms with van der Waals surface area (Å²) < 4.78 is 5.41. The summed E-state index contributed by atoms with van der Waals surface area (Å²) in [6.07, 6.45) is 3.02. The molecule has 0 aliphatic heterocycles. The van der Waals surface area contributed by atoms with Crippen LogP contribution in [0.4, 0.5) is 4.79 Å². The van der Waals surface area contributed by atoms with Crippen LogP contribution < -0.4 is 10.6 Å². The molecule has 0 fully saturated rings. The molecule has 2 aromatic carbocycles. The first-order valence-corrected chi connectivity index (χ1v) is 12.4. The van der Waals surface area contributed by atoms with E-state index in [1.54, 1.807) is 33.9 Å². The predicted octanol–water partition coefficient (Wildman–Crippen LogP) is 4.88. The van der Waals surface area contributed by atoms with Gasteiger partial charge in [0.2, 0.25) is 11.8 Å². The highest BCUT2D eigenvalue weighted by molar-refractivity contribution is 5.92. The van der Waals surface area contributed by atoms with Crippen molar-refractivity contribution in [2.45, 2.75) is 64.6 Å². The Labute approximate surface area is 214 Å². The van der Waals surface area contributed by atoms with Crippen LogP contribution in [0.15, 0.2) is 61.2 Å². The largest absolute Gasteiger partial charge is 0.444 e. The summed E-state index contributed by atoms with van der Waals surface area (Å²) in [5, 5.41) is 5.67. The molecule has 7 nitrogen and oxygen atoms in total. The fourth-order valence-corrected chi connectivity index (χ4v) is 3.76. The van der Waals surface area contributed by atoms with Crippen molar-refractivity contribution in [3.63, 3.8) is 0 Å². The van der Waals surface area contributed by atoms with Crippen molar-refractivity contribution in [2.75, 3.05) is 13.6 Å². The molecule has 0 aliphatic carbocycles. The average molecular weight is 494 g/mol. The van der Waals surface area contributed by atoms with Crippen LogP contribution in [0.2, 0.25) is 0 Å². The second kappa shape index (κ2) is 13.5. The summed E-state index contributed by atoms with van der Waals surface area (Å²) >= 11 is 0. The van der Waals surface area contributed by atoms with Gasteiger partial charge >= 0.3 is 6.09 Å². The van der Waals surface area contributed by atoms with E-state index in [1.165, 1.54) is 4.90 Å². The van der Waals surface area contributed by atoms with Crippen LogP contribution in [0.5, 0.6) is 0 Å². The summed E-state index contributed by atoms with van der Waals surface area (Å²) in [5.74, 6) is -0.680.